The minimum absolute atomic E-state index is 0.0670. The van der Waals surface area contributed by atoms with E-state index in [2.05, 4.69) is 10.6 Å². The summed E-state index contributed by atoms with van der Waals surface area (Å²) in [6, 6.07) is 7.21. The summed E-state index contributed by atoms with van der Waals surface area (Å²) in [6.45, 7) is 0. The topological polar surface area (TPSA) is 95.5 Å². The number of aromatic carboxylic acids is 1. The Labute approximate surface area is 150 Å². The SMILES string of the molecule is O=C(CC1Sc2cc(C(=O)O)ccc2NC1=O)Nc1ccc(F)c(F)c1. The molecule has 0 saturated carbocycles. The molecule has 0 spiro atoms. The monoisotopic (exact) mass is 378 g/mol. The Bertz CT molecular complexity index is 920. The van der Waals surface area contributed by atoms with E-state index < -0.39 is 34.7 Å². The molecule has 2 aromatic carbocycles. The van der Waals surface area contributed by atoms with Crippen molar-refractivity contribution in [2.24, 2.45) is 0 Å². The van der Waals surface area contributed by atoms with Gasteiger partial charge in [0, 0.05) is 23.1 Å². The van der Waals surface area contributed by atoms with Gasteiger partial charge in [-0.15, -0.1) is 11.8 Å². The van der Waals surface area contributed by atoms with Crippen LogP contribution in [-0.2, 0) is 9.59 Å². The van der Waals surface area contributed by atoms with E-state index in [9.17, 15) is 23.2 Å². The molecule has 2 aromatic rings. The maximum Gasteiger partial charge on any atom is 0.335 e. The van der Waals surface area contributed by atoms with E-state index in [-0.39, 0.29) is 17.7 Å². The largest absolute Gasteiger partial charge is 0.478 e. The van der Waals surface area contributed by atoms with Gasteiger partial charge in [-0.25, -0.2) is 13.6 Å². The minimum atomic E-state index is -1.10. The Morgan fingerprint density at radius 1 is 1.15 bits per heavy atom. The molecule has 6 nitrogen and oxygen atoms in total. The molecule has 1 heterocycles. The first-order valence-corrected chi connectivity index (χ1v) is 8.31. The molecule has 3 N–H and O–H groups in total. The summed E-state index contributed by atoms with van der Waals surface area (Å²) in [5, 5.41) is 13.3. The van der Waals surface area contributed by atoms with Crippen LogP contribution in [0.25, 0.3) is 0 Å². The minimum Gasteiger partial charge on any atom is -0.478 e. The number of benzene rings is 2. The van der Waals surface area contributed by atoms with Crippen molar-refractivity contribution in [2.75, 3.05) is 10.6 Å². The number of carbonyl (C=O) groups is 3. The third-order valence-electron chi connectivity index (χ3n) is 3.62. The van der Waals surface area contributed by atoms with Gasteiger partial charge in [-0.05, 0) is 30.3 Å². The van der Waals surface area contributed by atoms with Crippen LogP contribution in [0.3, 0.4) is 0 Å². The lowest BCUT2D eigenvalue weighted by molar-refractivity contribution is -0.120. The average molecular weight is 378 g/mol. The van der Waals surface area contributed by atoms with Gasteiger partial charge in [0.2, 0.25) is 11.8 Å². The summed E-state index contributed by atoms with van der Waals surface area (Å²) < 4.78 is 26.1. The van der Waals surface area contributed by atoms with Gasteiger partial charge >= 0.3 is 5.97 Å². The molecular weight excluding hydrogens is 366 g/mol. The first-order chi connectivity index (χ1) is 12.3. The third kappa shape index (κ3) is 3.83. The highest BCUT2D eigenvalue weighted by molar-refractivity contribution is 8.01. The lowest BCUT2D eigenvalue weighted by Gasteiger charge is -2.24. The molecule has 3 rings (SSSR count). The predicted octanol–water partition coefficient (Wildman–Crippen LogP) is 3.10. The summed E-state index contributed by atoms with van der Waals surface area (Å²) in [5.41, 5.74) is 0.614. The number of nitrogens with one attached hydrogen (secondary N) is 2. The van der Waals surface area contributed by atoms with Crippen LogP contribution in [0.1, 0.15) is 16.8 Å². The third-order valence-corrected chi connectivity index (χ3v) is 4.88. The number of carbonyl (C=O) groups excluding carboxylic acids is 2. The summed E-state index contributed by atoms with van der Waals surface area (Å²) in [7, 11) is 0. The standard InChI is InChI=1S/C17H12F2N2O4S/c18-10-3-2-9(6-11(10)19)20-15(22)7-14-16(23)21-12-4-1-8(17(24)25)5-13(12)26-14/h1-6,14H,7H2,(H,20,22)(H,21,23)(H,24,25). The normalized spacial score (nSPS) is 15.8. The lowest BCUT2D eigenvalue weighted by atomic mass is 10.2. The zero-order chi connectivity index (χ0) is 18.8. The van der Waals surface area contributed by atoms with Crippen molar-refractivity contribution in [3.05, 3.63) is 53.6 Å². The fourth-order valence-electron chi connectivity index (χ4n) is 2.36. The summed E-state index contributed by atoms with van der Waals surface area (Å²) in [6.07, 6.45) is -0.216. The highest BCUT2D eigenvalue weighted by Crippen LogP contribution is 2.37. The van der Waals surface area contributed by atoms with E-state index in [0.717, 1.165) is 23.9 Å². The molecule has 1 aliphatic heterocycles. The molecule has 9 heteroatoms. The van der Waals surface area contributed by atoms with Gasteiger partial charge in [0.15, 0.2) is 11.6 Å². The smallest absolute Gasteiger partial charge is 0.335 e. The molecule has 0 saturated heterocycles. The molecule has 134 valence electrons. The maximum atomic E-state index is 13.2. The number of hydrogen-bond donors (Lipinski definition) is 3. The second-order valence-electron chi connectivity index (χ2n) is 5.49. The molecule has 1 unspecified atom stereocenters. The van der Waals surface area contributed by atoms with Gasteiger partial charge in [-0.2, -0.15) is 0 Å². The molecule has 1 atom stereocenters. The first kappa shape index (κ1) is 17.9. The number of thioether (sulfide) groups is 1. The molecule has 0 fully saturated rings. The van der Waals surface area contributed by atoms with Crippen molar-refractivity contribution in [1.29, 1.82) is 0 Å². The Hall–Kier alpha value is -2.94. The van der Waals surface area contributed by atoms with Gasteiger partial charge in [0.1, 0.15) is 0 Å². The second kappa shape index (κ2) is 7.12. The van der Waals surface area contributed by atoms with E-state index in [1.54, 1.807) is 0 Å². The van der Waals surface area contributed by atoms with E-state index in [1.807, 2.05) is 0 Å². The molecule has 1 aliphatic rings. The van der Waals surface area contributed by atoms with Crippen molar-refractivity contribution in [3.8, 4) is 0 Å². The summed E-state index contributed by atoms with van der Waals surface area (Å²) in [5.74, 6) is -4.18. The summed E-state index contributed by atoms with van der Waals surface area (Å²) >= 11 is 1.07. The number of carboxylic acids is 1. The van der Waals surface area contributed by atoms with Crippen LogP contribution in [0, 0.1) is 11.6 Å². The van der Waals surface area contributed by atoms with Crippen LogP contribution < -0.4 is 10.6 Å². The number of halogens is 2. The van der Waals surface area contributed by atoms with Crippen molar-refractivity contribution in [1.82, 2.24) is 0 Å². The number of carboxylic acid groups (broad SMARTS) is 1. The van der Waals surface area contributed by atoms with Gasteiger partial charge in [0.25, 0.3) is 0 Å². The molecule has 0 aromatic heterocycles. The number of hydrogen-bond acceptors (Lipinski definition) is 4. The van der Waals surface area contributed by atoms with E-state index in [4.69, 9.17) is 5.11 Å². The number of rotatable bonds is 4. The molecular formula is C17H12F2N2O4S. The van der Waals surface area contributed by atoms with Crippen molar-refractivity contribution < 1.29 is 28.3 Å². The van der Waals surface area contributed by atoms with Crippen molar-refractivity contribution in [2.45, 2.75) is 16.6 Å². The number of anilines is 2. The van der Waals surface area contributed by atoms with E-state index in [0.29, 0.717) is 10.6 Å². The van der Waals surface area contributed by atoms with Crippen LogP contribution >= 0.6 is 11.8 Å². The van der Waals surface area contributed by atoms with Crippen LogP contribution in [0.15, 0.2) is 41.3 Å². The highest BCUT2D eigenvalue weighted by atomic mass is 32.2. The quantitative estimate of drug-likeness (QED) is 0.760. The van der Waals surface area contributed by atoms with Crippen LogP contribution in [0.4, 0.5) is 20.2 Å². The fourth-order valence-corrected chi connectivity index (χ4v) is 3.51. The Balaban J connectivity index is 1.70. The van der Waals surface area contributed by atoms with Crippen LogP contribution in [0.2, 0.25) is 0 Å². The van der Waals surface area contributed by atoms with Gasteiger partial charge < -0.3 is 15.7 Å². The molecule has 0 bridgehead atoms. The van der Waals surface area contributed by atoms with Crippen LogP contribution in [0.5, 0.6) is 0 Å². The number of fused-ring (bicyclic) bond motifs is 1. The molecule has 2 amide bonds. The summed E-state index contributed by atoms with van der Waals surface area (Å²) in [4.78, 5) is 35.8. The fraction of sp³-hybridized carbons (Fsp3) is 0.118. The van der Waals surface area contributed by atoms with Crippen molar-refractivity contribution in [3.63, 3.8) is 0 Å². The highest BCUT2D eigenvalue weighted by Gasteiger charge is 2.29. The zero-order valence-electron chi connectivity index (χ0n) is 13.1. The zero-order valence-corrected chi connectivity index (χ0v) is 13.9. The predicted molar refractivity (Wildman–Crippen MR) is 91.3 cm³/mol. The van der Waals surface area contributed by atoms with Gasteiger partial charge in [-0.3, -0.25) is 9.59 Å². The van der Waals surface area contributed by atoms with E-state index >= 15 is 0 Å². The molecule has 26 heavy (non-hydrogen) atoms. The Kier molecular flexibility index (Phi) is 4.90. The Morgan fingerprint density at radius 3 is 2.62 bits per heavy atom. The maximum absolute atomic E-state index is 13.2. The lowest BCUT2D eigenvalue weighted by Crippen LogP contribution is -2.32. The first-order valence-electron chi connectivity index (χ1n) is 7.43. The van der Waals surface area contributed by atoms with Gasteiger partial charge in [0.05, 0.1) is 16.5 Å². The van der Waals surface area contributed by atoms with Crippen molar-refractivity contribution >= 4 is 40.9 Å². The Morgan fingerprint density at radius 2 is 1.92 bits per heavy atom. The number of amides is 2. The molecule has 0 radical (unpaired) electrons. The molecule has 0 aliphatic carbocycles. The second-order valence-corrected chi connectivity index (χ2v) is 6.74. The average Bonchev–Trinajstić information content (AvgIpc) is 2.58. The van der Waals surface area contributed by atoms with E-state index in [1.165, 1.54) is 24.3 Å². The van der Waals surface area contributed by atoms with Crippen LogP contribution in [-0.4, -0.2) is 28.1 Å². The van der Waals surface area contributed by atoms with Gasteiger partial charge in [-0.1, -0.05) is 0 Å².